The van der Waals surface area contributed by atoms with Gasteiger partial charge < -0.3 is 10.2 Å². The summed E-state index contributed by atoms with van der Waals surface area (Å²) in [5.74, 6) is 0.910. The van der Waals surface area contributed by atoms with Crippen molar-refractivity contribution in [2.75, 3.05) is 27.2 Å². The van der Waals surface area contributed by atoms with E-state index in [-0.39, 0.29) is 5.91 Å². The van der Waals surface area contributed by atoms with Gasteiger partial charge in [-0.05, 0) is 45.8 Å². The molecule has 1 saturated carbocycles. The molecule has 1 aliphatic rings. The third-order valence-corrected chi connectivity index (χ3v) is 3.30. The van der Waals surface area contributed by atoms with Crippen LogP contribution in [0.1, 0.15) is 44.9 Å². The molecule has 0 heterocycles. The largest absolute Gasteiger partial charge is 0.356 e. The Kier molecular flexibility index (Phi) is 6.46. The molecular weight excluding hydrogens is 200 g/mol. The number of carbonyl (C=O) groups excluding carboxylic acids is 1. The van der Waals surface area contributed by atoms with E-state index in [1.807, 2.05) is 0 Å². The first-order valence-corrected chi connectivity index (χ1v) is 6.60. The second-order valence-corrected chi connectivity index (χ2v) is 5.21. The maximum atomic E-state index is 11.6. The fourth-order valence-corrected chi connectivity index (χ4v) is 2.35. The summed E-state index contributed by atoms with van der Waals surface area (Å²) in [6, 6.07) is 0. The van der Waals surface area contributed by atoms with E-state index in [4.69, 9.17) is 0 Å². The van der Waals surface area contributed by atoms with Gasteiger partial charge in [-0.3, -0.25) is 4.79 Å². The molecule has 1 fully saturated rings. The molecule has 94 valence electrons. The number of carbonyl (C=O) groups is 1. The van der Waals surface area contributed by atoms with Crippen molar-refractivity contribution in [2.45, 2.75) is 44.9 Å². The topological polar surface area (TPSA) is 32.3 Å². The highest BCUT2D eigenvalue weighted by Crippen LogP contribution is 2.25. The van der Waals surface area contributed by atoms with Crippen LogP contribution in [0, 0.1) is 5.92 Å². The number of hydrogen-bond acceptors (Lipinski definition) is 2. The molecule has 1 N–H and O–H groups in total. The van der Waals surface area contributed by atoms with E-state index in [1.165, 1.54) is 32.1 Å². The fraction of sp³-hybridized carbons (Fsp3) is 0.923. The number of nitrogens with zero attached hydrogens (tertiary/aromatic N) is 1. The first-order valence-electron chi connectivity index (χ1n) is 6.60. The van der Waals surface area contributed by atoms with Crippen molar-refractivity contribution in [3.05, 3.63) is 0 Å². The van der Waals surface area contributed by atoms with Crippen LogP contribution < -0.4 is 5.32 Å². The van der Waals surface area contributed by atoms with Crippen molar-refractivity contribution in [2.24, 2.45) is 5.92 Å². The van der Waals surface area contributed by atoms with Gasteiger partial charge in [-0.1, -0.05) is 19.3 Å². The zero-order chi connectivity index (χ0) is 11.8. The molecule has 3 nitrogen and oxygen atoms in total. The Morgan fingerprint density at radius 2 is 1.94 bits per heavy atom. The van der Waals surface area contributed by atoms with Gasteiger partial charge in [0.25, 0.3) is 0 Å². The molecule has 0 unspecified atom stereocenters. The normalized spacial score (nSPS) is 17.7. The molecule has 0 aromatic rings. The molecule has 0 atom stereocenters. The lowest BCUT2D eigenvalue weighted by Crippen LogP contribution is -2.29. The smallest absolute Gasteiger partial charge is 0.220 e. The standard InChI is InChI=1S/C13H26N2O/c1-15(2)10-6-9-14-13(16)11-12-7-4-3-5-8-12/h12H,3-11H2,1-2H3,(H,14,16). The highest BCUT2D eigenvalue weighted by molar-refractivity contribution is 5.76. The summed E-state index contributed by atoms with van der Waals surface area (Å²) in [6.45, 7) is 1.87. The highest BCUT2D eigenvalue weighted by Gasteiger charge is 2.16. The van der Waals surface area contributed by atoms with Crippen molar-refractivity contribution in [3.8, 4) is 0 Å². The molecule has 0 saturated heterocycles. The third kappa shape index (κ3) is 6.11. The molecule has 16 heavy (non-hydrogen) atoms. The van der Waals surface area contributed by atoms with E-state index in [2.05, 4.69) is 24.3 Å². The zero-order valence-electron chi connectivity index (χ0n) is 10.8. The Labute approximate surface area is 99.6 Å². The van der Waals surface area contributed by atoms with Crippen molar-refractivity contribution in [1.29, 1.82) is 0 Å². The number of hydrogen-bond donors (Lipinski definition) is 1. The molecule has 0 aliphatic heterocycles. The molecule has 1 aliphatic carbocycles. The van der Waals surface area contributed by atoms with Gasteiger partial charge in [-0.15, -0.1) is 0 Å². The summed E-state index contributed by atoms with van der Waals surface area (Å²) in [5, 5.41) is 3.02. The van der Waals surface area contributed by atoms with Crippen LogP contribution in [-0.4, -0.2) is 38.0 Å². The summed E-state index contributed by atoms with van der Waals surface area (Å²) >= 11 is 0. The van der Waals surface area contributed by atoms with Gasteiger partial charge in [0.2, 0.25) is 5.91 Å². The molecule has 0 aromatic heterocycles. The summed E-state index contributed by atoms with van der Waals surface area (Å²) in [7, 11) is 4.12. The minimum absolute atomic E-state index is 0.255. The van der Waals surface area contributed by atoms with Crippen LogP contribution in [0.15, 0.2) is 0 Å². The maximum Gasteiger partial charge on any atom is 0.220 e. The summed E-state index contributed by atoms with van der Waals surface area (Å²) in [5.41, 5.74) is 0. The van der Waals surface area contributed by atoms with E-state index in [9.17, 15) is 4.79 Å². The molecule has 1 rings (SSSR count). The number of rotatable bonds is 6. The van der Waals surface area contributed by atoms with E-state index >= 15 is 0 Å². The summed E-state index contributed by atoms with van der Waals surface area (Å²) < 4.78 is 0. The predicted molar refractivity (Wildman–Crippen MR) is 67.4 cm³/mol. The SMILES string of the molecule is CN(C)CCCNC(=O)CC1CCCCC1. The molecular formula is C13H26N2O. The summed E-state index contributed by atoms with van der Waals surface area (Å²) in [6.07, 6.45) is 8.31. The Morgan fingerprint density at radius 1 is 1.25 bits per heavy atom. The van der Waals surface area contributed by atoms with Gasteiger partial charge in [0, 0.05) is 13.0 Å². The van der Waals surface area contributed by atoms with Crippen LogP contribution in [0.2, 0.25) is 0 Å². The molecule has 0 aromatic carbocycles. The van der Waals surface area contributed by atoms with E-state index in [0.29, 0.717) is 5.92 Å². The average molecular weight is 226 g/mol. The lowest BCUT2D eigenvalue weighted by atomic mass is 9.87. The van der Waals surface area contributed by atoms with Gasteiger partial charge in [-0.2, -0.15) is 0 Å². The van der Waals surface area contributed by atoms with Crippen LogP contribution in [0.3, 0.4) is 0 Å². The van der Waals surface area contributed by atoms with Crippen LogP contribution in [0.4, 0.5) is 0 Å². The van der Waals surface area contributed by atoms with Crippen molar-refractivity contribution >= 4 is 5.91 Å². The number of amides is 1. The van der Waals surface area contributed by atoms with Gasteiger partial charge in [0.05, 0.1) is 0 Å². The number of nitrogens with one attached hydrogen (secondary N) is 1. The molecule has 0 radical (unpaired) electrons. The Morgan fingerprint density at radius 3 is 2.56 bits per heavy atom. The highest BCUT2D eigenvalue weighted by atomic mass is 16.1. The third-order valence-electron chi connectivity index (χ3n) is 3.30. The quantitative estimate of drug-likeness (QED) is 0.703. The Balaban J connectivity index is 2.01. The van der Waals surface area contributed by atoms with Crippen molar-refractivity contribution < 1.29 is 4.79 Å². The van der Waals surface area contributed by atoms with Crippen LogP contribution in [-0.2, 0) is 4.79 Å². The lowest BCUT2D eigenvalue weighted by molar-refractivity contribution is -0.122. The first kappa shape index (κ1) is 13.5. The lowest BCUT2D eigenvalue weighted by Gasteiger charge is -2.20. The monoisotopic (exact) mass is 226 g/mol. The average Bonchev–Trinajstić information content (AvgIpc) is 2.25. The minimum Gasteiger partial charge on any atom is -0.356 e. The van der Waals surface area contributed by atoms with Gasteiger partial charge in [0.1, 0.15) is 0 Å². The zero-order valence-corrected chi connectivity index (χ0v) is 10.8. The van der Waals surface area contributed by atoms with Crippen molar-refractivity contribution in [3.63, 3.8) is 0 Å². The first-order chi connectivity index (χ1) is 7.68. The van der Waals surface area contributed by atoms with Crippen molar-refractivity contribution in [1.82, 2.24) is 10.2 Å². The molecule has 1 amide bonds. The maximum absolute atomic E-state index is 11.6. The summed E-state index contributed by atoms with van der Waals surface area (Å²) in [4.78, 5) is 13.8. The molecule has 3 heteroatoms. The van der Waals surface area contributed by atoms with Crippen LogP contribution in [0.5, 0.6) is 0 Å². The minimum atomic E-state index is 0.255. The van der Waals surface area contributed by atoms with Gasteiger partial charge in [0.15, 0.2) is 0 Å². The van der Waals surface area contributed by atoms with E-state index < -0.39 is 0 Å². The van der Waals surface area contributed by atoms with E-state index in [1.54, 1.807) is 0 Å². The van der Waals surface area contributed by atoms with Crippen LogP contribution >= 0.6 is 0 Å². The predicted octanol–water partition coefficient (Wildman–Crippen LogP) is 2.02. The molecule has 0 spiro atoms. The molecule has 0 bridgehead atoms. The Hall–Kier alpha value is -0.570. The van der Waals surface area contributed by atoms with Crippen LogP contribution in [0.25, 0.3) is 0 Å². The fourth-order valence-electron chi connectivity index (χ4n) is 2.35. The van der Waals surface area contributed by atoms with Gasteiger partial charge in [-0.25, -0.2) is 0 Å². The second kappa shape index (κ2) is 7.66. The van der Waals surface area contributed by atoms with E-state index in [0.717, 1.165) is 25.9 Å². The van der Waals surface area contributed by atoms with Gasteiger partial charge >= 0.3 is 0 Å². The second-order valence-electron chi connectivity index (χ2n) is 5.21. The Bertz CT molecular complexity index is 198.